The third-order valence-electron chi connectivity index (χ3n) is 3.30. The molecule has 0 spiro atoms. The maximum absolute atomic E-state index is 12.3. The fourth-order valence-electron chi connectivity index (χ4n) is 2.13. The van der Waals surface area contributed by atoms with E-state index in [-0.39, 0.29) is 5.91 Å². The minimum atomic E-state index is -0.528. The summed E-state index contributed by atoms with van der Waals surface area (Å²) in [4.78, 5) is 25.9. The second-order valence-corrected chi connectivity index (χ2v) is 4.70. The van der Waals surface area contributed by atoms with Crippen molar-refractivity contribution in [3.8, 4) is 0 Å². The van der Waals surface area contributed by atoms with Crippen molar-refractivity contribution in [2.75, 3.05) is 11.1 Å². The molecular weight excluding hydrogens is 270 g/mol. The highest BCUT2D eigenvalue weighted by Crippen LogP contribution is 2.19. The highest BCUT2D eigenvalue weighted by Gasteiger charge is 2.11. The lowest BCUT2D eigenvalue weighted by Crippen LogP contribution is -2.14. The summed E-state index contributed by atoms with van der Waals surface area (Å²) in [6.07, 6.45) is 0. The zero-order valence-electron chi connectivity index (χ0n) is 11.3. The van der Waals surface area contributed by atoms with Gasteiger partial charge in [0.2, 0.25) is 0 Å². The molecule has 0 radical (unpaired) electrons. The van der Waals surface area contributed by atoms with Gasteiger partial charge in [-0.2, -0.15) is 0 Å². The summed E-state index contributed by atoms with van der Waals surface area (Å²) in [6.45, 7) is 1.79. The van der Waals surface area contributed by atoms with E-state index in [0.717, 1.165) is 5.56 Å². The first-order valence-corrected chi connectivity index (χ1v) is 6.34. The number of aromatic nitrogens is 1. The van der Waals surface area contributed by atoms with Gasteiger partial charge in [0.25, 0.3) is 5.91 Å². The van der Waals surface area contributed by atoms with E-state index in [9.17, 15) is 9.59 Å². The SMILES string of the molecule is Cc1c(N)cccc1C(=O)Nc1ccc2oc(=O)[nH]c2c1. The quantitative estimate of drug-likeness (QED) is 0.628. The van der Waals surface area contributed by atoms with Crippen LogP contribution in [-0.2, 0) is 0 Å². The van der Waals surface area contributed by atoms with Crippen molar-refractivity contribution >= 4 is 28.4 Å². The van der Waals surface area contributed by atoms with Crippen molar-refractivity contribution in [3.63, 3.8) is 0 Å². The molecule has 106 valence electrons. The molecule has 6 nitrogen and oxygen atoms in total. The Morgan fingerprint density at radius 3 is 2.90 bits per heavy atom. The fourth-order valence-corrected chi connectivity index (χ4v) is 2.13. The fraction of sp³-hybridized carbons (Fsp3) is 0.0667. The first-order valence-electron chi connectivity index (χ1n) is 6.34. The predicted octanol–water partition coefficient (Wildman–Crippen LogP) is 2.26. The molecular formula is C15H13N3O3. The largest absolute Gasteiger partial charge is 0.417 e. The van der Waals surface area contributed by atoms with Gasteiger partial charge in [-0.1, -0.05) is 6.07 Å². The molecule has 4 N–H and O–H groups in total. The Labute approximate surface area is 119 Å². The van der Waals surface area contributed by atoms with E-state index in [4.69, 9.17) is 10.2 Å². The van der Waals surface area contributed by atoms with Gasteiger partial charge in [-0.05, 0) is 42.8 Å². The van der Waals surface area contributed by atoms with Gasteiger partial charge in [-0.15, -0.1) is 0 Å². The number of oxazole rings is 1. The molecule has 0 fully saturated rings. The van der Waals surface area contributed by atoms with Crippen LogP contribution in [0.1, 0.15) is 15.9 Å². The van der Waals surface area contributed by atoms with E-state index in [1.165, 1.54) is 0 Å². The van der Waals surface area contributed by atoms with Crippen LogP contribution in [0.4, 0.5) is 11.4 Å². The summed E-state index contributed by atoms with van der Waals surface area (Å²) in [6, 6.07) is 10.1. The summed E-state index contributed by atoms with van der Waals surface area (Å²) >= 11 is 0. The number of aromatic amines is 1. The van der Waals surface area contributed by atoms with Crippen molar-refractivity contribution in [1.82, 2.24) is 4.98 Å². The number of nitrogens with one attached hydrogen (secondary N) is 2. The molecule has 6 heteroatoms. The van der Waals surface area contributed by atoms with Crippen LogP contribution in [0.5, 0.6) is 0 Å². The minimum absolute atomic E-state index is 0.259. The van der Waals surface area contributed by atoms with Crippen LogP contribution < -0.4 is 16.8 Å². The molecule has 3 rings (SSSR count). The molecule has 0 saturated heterocycles. The lowest BCUT2D eigenvalue weighted by atomic mass is 10.1. The van der Waals surface area contributed by atoms with Crippen LogP contribution >= 0.6 is 0 Å². The van der Waals surface area contributed by atoms with E-state index < -0.39 is 5.76 Å². The zero-order chi connectivity index (χ0) is 15.0. The van der Waals surface area contributed by atoms with Crippen LogP contribution in [0.15, 0.2) is 45.6 Å². The number of carbonyl (C=O) groups is 1. The number of fused-ring (bicyclic) bond motifs is 1. The standard InChI is InChI=1S/C15H13N3O3/c1-8-10(3-2-4-11(8)16)14(19)17-9-5-6-13-12(7-9)18-15(20)21-13/h2-7H,16H2,1H3,(H,17,19)(H,18,20). The predicted molar refractivity (Wildman–Crippen MR) is 80.4 cm³/mol. The zero-order valence-corrected chi connectivity index (χ0v) is 11.3. The smallest absolute Gasteiger partial charge is 0.408 e. The second-order valence-electron chi connectivity index (χ2n) is 4.70. The number of nitrogen functional groups attached to an aromatic ring is 1. The first kappa shape index (κ1) is 13.0. The van der Waals surface area contributed by atoms with Gasteiger partial charge in [0.1, 0.15) is 0 Å². The highest BCUT2D eigenvalue weighted by molar-refractivity contribution is 6.06. The number of hydrogen-bond donors (Lipinski definition) is 3. The monoisotopic (exact) mass is 283 g/mol. The topological polar surface area (TPSA) is 101 Å². The Bertz CT molecular complexity index is 893. The summed E-state index contributed by atoms with van der Waals surface area (Å²) < 4.78 is 4.91. The van der Waals surface area contributed by atoms with Gasteiger partial charge < -0.3 is 15.5 Å². The molecule has 3 aromatic rings. The average Bonchev–Trinajstić information content (AvgIpc) is 2.81. The number of H-pyrrole nitrogens is 1. The molecule has 0 saturated carbocycles. The number of hydrogen-bond acceptors (Lipinski definition) is 4. The van der Waals surface area contributed by atoms with Gasteiger partial charge in [0, 0.05) is 16.9 Å². The van der Waals surface area contributed by atoms with Crippen molar-refractivity contribution < 1.29 is 9.21 Å². The van der Waals surface area contributed by atoms with Gasteiger partial charge in [-0.3, -0.25) is 9.78 Å². The van der Waals surface area contributed by atoms with E-state index in [1.807, 2.05) is 0 Å². The number of carbonyl (C=O) groups excluding carboxylic acids is 1. The number of benzene rings is 2. The molecule has 21 heavy (non-hydrogen) atoms. The van der Waals surface area contributed by atoms with Crippen molar-refractivity contribution in [2.45, 2.75) is 6.92 Å². The molecule has 1 aromatic heterocycles. The second kappa shape index (κ2) is 4.82. The van der Waals surface area contributed by atoms with Crippen LogP contribution in [-0.4, -0.2) is 10.9 Å². The van der Waals surface area contributed by atoms with Crippen LogP contribution in [0.25, 0.3) is 11.1 Å². The summed E-state index contributed by atoms with van der Waals surface area (Å²) in [5, 5.41) is 2.77. The first-order chi connectivity index (χ1) is 10.0. The normalized spacial score (nSPS) is 10.7. The number of nitrogens with two attached hydrogens (primary N) is 1. The van der Waals surface area contributed by atoms with Gasteiger partial charge in [0.05, 0.1) is 5.52 Å². The van der Waals surface area contributed by atoms with Crippen molar-refractivity contribution in [2.24, 2.45) is 0 Å². The maximum atomic E-state index is 12.3. The van der Waals surface area contributed by atoms with E-state index in [0.29, 0.717) is 28.0 Å². The Kier molecular flexibility index (Phi) is 2.98. The Morgan fingerprint density at radius 2 is 2.10 bits per heavy atom. The Balaban J connectivity index is 1.92. The third-order valence-corrected chi connectivity index (χ3v) is 3.30. The lowest BCUT2D eigenvalue weighted by Gasteiger charge is -2.09. The molecule has 0 aliphatic carbocycles. The number of anilines is 2. The molecule has 0 aliphatic rings. The maximum Gasteiger partial charge on any atom is 0.417 e. The van der Waals surface area contributed by atoms with Crippen molar-refractivity contribution in [1.29, 1.82) is 0 Å². The molecule has 1 heterocycles. The molecule has 0 atom stereocenters. The van der Waals surface area contributed by atoms with E-state index in [2.05, 4.69) is 10.3 Å². The van der Waals surface area contributed by atoms with Crippen LogP contribution in [0, 0.1) is 6.92 Å². The summed E-state index contributed by atoms with van der Waals surface area (Å²) in [5.41, 5.74) is 9.14. The number of amides is 1. The molecule has 2 aromatic carbocycles. The molecule has 1 amide bonds. The number of rotatable bonds is 2. The summed E-state index contributed by atoms with van der Waals surface area (Å²) in [7, 11) is 0. The molecule has 0 bridgehead atoms. The molecule has 0 unspecified atom stereocenters. The van der Waals surface area contributed by atoms with E-state index in [1.54, 1.807) is 43.3 Å². The minimum Gasteiger partial charge on any atom is -0.408 e. The van der Waals surface area contributed by atoms with Crippen LogP contribution in [0.3, 0.4) is 0 Å². The highest BCUT2D eigenvalue weighted by atomic mass is 16.4. The van der Waals surface area contributed by atoms with Gasteiger partial charge in [0.15, 0.2) is 5.58 Å². The Morgan fingerprint density at radius 1 is 1.29 bits per heavy atom. The lowest BCUT2D eigenvalue weighted by molar-refractivity contribution is 0.102. The molecule has 0 aliphatic heterocycles. The third kappa shape index (κ3) is 2.38. The average molecular weight is 283 g/mol. The summed E-state index contributed by atoms with van der Waals surface area (Å²) in [5.74, 6) is -0.787. The van der Waals surface area contributed by atoms with Gasteiger partial charge in [-0.25, -0.2) is 4.79 Å². The Hall–Kier alpha value is -3.02. The van der Waals surface area contributed by atoms with Crippen molar-refractivity contribution in [3.05, 3.63) is 58.1 Å². The van der Waals surface area contributed by atoms with Gasteiger partial charge >= 0.3 is 5.76 Å². The van der Waals surface area contributed by atoms with Crippen LogP contribution in [0.2, 0.25) is 0 Å². The van der Waals surface area contributed by atoms with E-state index >= 15 is 0 Å².